The predicted molar refractivity (Wildman–Crippen MR) is 83.2 cm³/mol. The van der Waals surface area contributed by atoms with Gasteiger partial charge < -0.3 is 0 Å². The maximum atomic E-state index is 14.2. The molecule has 1 aliphatic carbocycles. The van der Waals surface area contributed by atoms with Crippen LogP contribution in [0.5, 0.6) is 0 Å². The van der Waals surface area contributed by atoms with Gasteiger partial charge in [0.25, 0.3) is 0 Å². The van der Waals surface area contributed by atoms with Crippen LogP contribution in [-0.4, -0.2) is 15.0 Å². The third kappa shape index (κ3) is 1.92. The van der Waals surface area contributed by atoms with Crippen LogP contribution < -0.4 is 0 Å². The molecular formula is C18H8F2N4. The number of halogens is 2. The molecule has 114 valence electrons. The molecule has 3 aromatic heterocycles. The Morgan fingerprint density at radius 1 is 0.917 bits per heavy atom. The first-order chi connectivity index (χ1) is 11.7. The molecule has 0 atom stereocenters. The van der Waals surface area contributed by atoms with Gasteiger partial charge in [-0.05, 0) is 12.1 Å². The van der Waals surface area contributed by atoms with Crippen LogP contribution in [0.2, 0.25) is 0 Å². The maximum absolute atomic E-state index is 14.2. The number of aromatic nitrogens is 3. The number of allylic oxidation sites excluding steroid dienone is 1. The van der Waals surface area contributed by atoms with E-state index >= 15 is 0 Å². The minimum Gasteiger partial charge on any atom is -0.259 e. The molecule has 0 unspecified atom stereocenters. The van der Waals surface area contributed by atoms with Gasteiger partial charge >= 0.3 is 0 Å². The van der Waals surface area contributed by atoms with Gasteiger partial charge in [-0.15, -0.1) is 0 Å². The molecule has 3 heterocycles. The summed E-state index contributed by atoms with van der Waals surface area (Å²) in [6, 6.07) is 8.87. The van der Waals surface area contributed by atoms with Crippen molar-refractivity contribution in [3.05, 3.63) is 77.4 Å². The molecule has 0 saturated carbocycles. The Hall–Kier alpha value is -3.46. The van der Waals surface area contributed by atoms with Gasteiger partial charge in [0.15, 0.2) is 11.6 Å². The van der Waals surface area contributed by atoms with E-state index in [1.165, 1.54) is 0 Å². The van der Waals surface area contributed by atoms with E-state index in [0.29, 0.717) is 28.1 Å². The monoisotopic (exact) mass is 318 g/mol. The van der Waals surface area contributed by atoms with Crippen molar-refractivity contribution in [3.63, 3.8) is 0 Å². The standard InChI is InChI=1S/C18H8F2N4/c19-13-8-22-9-14(20)16(13)12(7-21)15-10-3-1-5-23-17(10)18-11(15)4-2-6-24-18/h1-6,8-9H. The first kappa shape index (κ1) is 14.2. The minimum atomic E-state index is -0.887. The molecule has 0 radical (unpaired) electrons. The van der Waals surface area contributed by atoms with Crippen LogP contribution in [0.15, 0.2) is 49.1 Å². The van der Waals surface area contributed by atoms with Gasteiger partial charge in [-0.3, -0.25) is 15.0 Å². The van der Waals surface area contributed by atoms with Gasteiger partial charge in [-0.2, -0.15) is 5.26 Å². The second-order valence-electron chi connectivity index (χ2n) is 5.14. The highest BCUT2D eigenvalue weighted by Crippen LogP contribution is 2.45. The lowest BCUT2D eigenvalue weighted by Crippen LogP contribution is -1.98. The van der Waals surface area contributed by atoms with Crippen molar-refractivity contribution in [1.29, 1.82) is 5.26 Å². The highest BCUT2D eigenvalue weighted by atomic mass is 19.1. The topological polar surface area (TPSA) is 62.5 Å². The largest absolute Gasteiger partial charge is 0.259 e. The Bertz CT molecular complexity index is 983. The summed E-state index contributed by atoms with van der Waals surface area (Å²) >= 11 is 0. The number of nitrogens with zero attached hydrogens (tertiary/aromatic N) is 4. The summed E-state index contributed by atoms with van der Waals surface area (Å²) in [4.78, 5) is 12.1. The number of pyridine rings is 3. The zero-order valence-corrected chi connectivity index (χ0v) is 12.2. The molecule has 0 amide bonds. The lowest BCUT2D eigenvalue weighted by molar-refractivity contribution is 0.567. The highest BCUT2D eigenvalue weighted by Gasteiger charge is 2.30. The van der Waals surface area contributed by atoms with Crippen LogP contribution >= 0.6 is 0 Å². The van der Waals surface area contributed by atoms with Crippen LogP contribution in [0.1, 0.15) is 16.7 Å². The van der Waals surface area contributed by atoms with Crippen molar-refractivity contribution < 1.29 is 8.78 Å². The molecular weight excluding hydrogens is 310 g/mol. The third-order valence-electron chi connectivity index (χ3n) is 3.84. The van der Waals surface area contributed by atoms with Crippen molar-refractivity contribution in [1.82, 2.24) is 15.0 Å². The molecule has 0 aliphatic heterocycles. The van der Waals surface area contributed by atoms with Crippen molar-refractivity contribution in [2.24, 2.45) is 0 Å². The molecule has 0 bridgehead atoms. The Kier molecular flexibility index (Phi) is 3.14. The molecule has 1 aliphatic rings. The number of hydrogen-bond donors (Lipinski definition) is 0. The molecule has 0 fully saturated rings. The van der Waals surface area contributed by atoms with Crippen LogP contribution in [0, 0.1) is 23.0 Å². The summed E-state index contributed by atoms with van der Waals surface area (Å²) < 4.78 is 28.3. The number of nitriles is 1. The van der Waals surface area contributed by atoms with Crippen molar-refractivity contribution in [3.8, 4) is 17.5 Å². The van der Waals surface area contributed by atoms with Gasteiger partial charge in [0, 0.05) is 29.1 Å². The first-order valence-electron chi connectivity index (χ1n) is 7.07. The van der Waals surface area contributed by atoms with E-state index in [1.54, 1.807) is 36.7 Å². The average molecular weight is 318 g/mol. The van der Waals surface area contributed by atoms with E-state index in [1.807, 2.05) is 6.07 Å². The van der Waals surface area contributed by atoms with Crippen LogP contribution in [-0.2, 0) is 0 Å². The van der Waals surface area contributed by atoms with E-state index < -0.39 is 17.2 Å². The second kappa shape index (κ2) is 5.32. The third-order valence-corrected chi connectivity index (χ3v) is 3.84. The van der Waals surface area contributed by atoms with E-state index in [2.05, 4.69) is 15.0 Å². The molecule has 4 nitrogen and oxygen atoms in total. The number of hydrogen-bond acceptors (Lipinski definition) is 4. The first-order valence-corrected chi connectivity index (χ1v) is 7.07. The fourth-order valence-electron chi connectivity index (χ4n) is 2.89. The molecule has 3 aromatic rings. The zero-order chi connectivity index (χ0) is 16.7. The SMILES string of the molecule is N#CC(=C1c2cccnc2-c2ncccc21)c1c(F)cncc1F. The number of rotatable bonds is 1. The van der Waals surface area contributed by atoms with Crippen molar-refractivity contribution in [2.45, 2.75) is 0 Å². The molecule has 4 rings (SSSR count). The van der Waals surface area contributed by atoms with Crippen molar-refractivity contribution >= 4 is 11.1 Å². The zero-order valence-electron chi connectivity index (χ0n) is 12.2. The number of fused-ring (bicyclic) bond motifs is 3. The summed E-state index contributed by atoms with van der Waals surface area (Å²) in [6.07, 6.45) is 5.00. The van der Waals surface area contributed by atoms with E-state index in [9.17, 15) is 14.0 Å². The Balaban J connectivity index is 2.15. The van der Waals surface area contributed by atoms with Gasteiger partial charge in [-0.25, -0.2) is 8.78 Å². The highest BCUT2D eigenvalue weighted by molar-refractivity contribution is 6.11. The van der Waals surface area contributed by atoms with Crippen LogP contribution in [0.25, 0.3) is 22.5 Å². The lowest BCUT2D eigenvalue weighted by Gasteiger charge is -2.08. The van der Waals surface area contributed by atoms with Crippen molar-refractivity contribution in [2.75, 3.05) is 0 Å². The normalized spacial score (nSPS) is 11.6. The van der Waals surface area contributed by atoms with E-state index in [0.717, 1.165) is 12.4 Å². The molecule has 24 heavy (non-hydrogen) atoms. The Morgan fingerprint density at radius 3 is 1.96 bits per heavy atom. The lowest BCUT2D eigenvalue weighted by atomic mass is 9.94. The van der Waals surface area contributed by atoms with Crippen LogP contribution in [0.3, 0.4) is 0 Å². The Morgan fingerprint density at radius 2 is 1.46 bits per heavy atom. The summed E-state index contributed by atoms with van der Waals surface area (Å²) in [5.74, 6) is -1.77. The fraction of sp³-hybridized carbons (Fsp3) is 0. The van der Waals surface area contributed by atoms with Gasteiger partial charge in [0.1, 0.15) is 6.07 Å². The molecule has 0 aromatic carbocycles. The molecule has 0 spiro atoms. The van der Waals surface area contributed by atoms with Gasteiger partial charge in [0.2, 0.25) is 0 Å². The maximum Gasteiger partial charge on any atom is 0.153 e. The fourth-order valence-corrected chi connectivity index (χ4v) is 2.89. The van der Waals surface area contributed by atoms with E-state index in [-0.39, 0.29) is 5.57 Å². The quantitative estimate of drug-likeness (QED) is 0.503. The molecule has 0 saturated heterocycles. The van der Waals surface area contributed by atoms with Crippen LogP contribution in [0.4, 0.5) is 8.78 Å². The summed E-state index contributed by atoms with van der Waals surface area (Å²) in [6.45, 7) is 0. The molecule has 6 heteroatoms. The Labute approximate surface area is 135 Å². The smallest absolute Gasteiger partial charge is 0.153 e. The van der Waals surface area contributed by atoms with Gasteiger partial charge in [-0.1, -0.05) is 12.1 Å². The van der Waals surface area contributed by atoms with E-state index in [4.69, 9.17) is 0 Å². The molecule has 0 N–H and O–H groups in total. The second-order valence-corrected chi connectivity index (χ2v) is 5.14. The average Bonchev–Trinajstić information content (AvgIpc) is 2.93. The minimum absolute atomic E-state index is 0.103. The van der Waals surface area contributed by atoms with Gasteiger partial charge in [0.05, 0.1) is 34.9 Å². The summed E-state index contributed by atoms with van der Waals surface area (Å²) in [7, 11) is 0. The predicted octanol–water partition coefficient (Wildman–Crippen LogP) is 3.61. The summed E-state index contributed by atoms with van der Waals surface area (Å²) in [5, 5.41) is 9.64. The summed E-state index contributed by atoms with van der Waals surface area (Å²) in [5.41, 5.74) is 2.35.